The number of carboxylic acids is 2. The zero-order valence-corrected chi connectivity index (χ0v) is 22.3. The van der Waals surface area contributed by atoms with Gasteiger partial charge in [-0.1, -0.05) is 26.2 Å². The molecule has 0 saturated carbocycles. The van der Waals surface area contributed by atoms with Gasteiger partial charge in [0.05, 0.1) is 18.4 Å². The van der Waals surface area contributed by atoms with Gasteiger partial charge in [-0.05, 0) is 37.1 Å². The van der Waals surface area contributed by atoms with Crippen molar-refractivity contribution in [2.75, 3.05) is 11.1 Å². The molecule has 0 fully saturated rings. The first-order chi connectivity index (χ1) is 19.6. The zero-order chi connectivity index (χ0) is 29.9. The molecule has 0 radical (unpaired) electrons. The zero-order valence-electron chi connectivity index (χ0n) is 22.3. The predicted octanol–water partition coefficient (Wildman–Crippen LogP) is 1.02. The van der Waals surface area contributed by atoms with Gasteiger partial charge in [0.2, 0.25) is 11.9 Å². The Bertz CT molecular complexity index is 1460. The molecule has 2 atom stereocenters. The summed E-state index contributed by atoms with van der Waals surface area (Å²) in [7, 11) is 0. The van der Waals surface area contributed by atoms with Gasteiger partial charge in [0.1, 0.15) is 12.1 Å². The number of nitrogens with one attached hydrogen (secondary N) is 4. The van der Waals surface area contributed by atoms with E-state index >= 15 is 0 Å². The normalized spacial score (nSPS) is 12.3. The predicted molar refractivity (Wildman–Crippen MR) is 148 cm³/mol. The van der Waals surface area contributed by atoms with Gasteiger partial charge in [-0.15, -0.1) is 0 Å². The van der Waals surface area contributed by atoms with E-state index in [0.717, 1.165) is 12.8 Å². The van der Waals surface area contributed by atoms with Crippen molar-refractivity contribution in [3.8, 4) is 0 Å². The number of aliphatic carboxylic acids is 2. The lowest BCUT2D eigenvalue weighted by Gasteiger charge is -2.17. The second-order valence-electron chi connectivity index (χ2n) is 9.27. The lowest BCUT2D eigenvalue weighted by molar-refractivity contribution is -0.142. The third-order valence-electron chi connectivity index (χ3n) is 6.10. The second-order valence-corrected chi connectivity index (χ2v) is 9.27. The van der Waals surface area contributed by atoms with Crippen LogP contribution in [0, 0.1) is 0 Å². The lowest BCUT2D eigenvalue weighted by atomic mass is 10.1. The molecule has 15 heteroatoms. The molecule has 0 saturated heterocycles. The SMILES string of the molecule is CCCCCC(NC(=O)CCC(NC(=O)c1ccc(NCc2cnc3nc(N)[nH]c(=O)c3n2)cc1)C(=O)O)C(=O)O. The van der Waals surface area contributed by atoms with Gasteiger partial charge in [-0.2, -0.15) is 4.98 Å². The number of benzene rings is 1. The summed E-state index contributed by atoms with van der Waals surface area (Å²) < 4.78 is 0. The van der Waals surface area contributed by atoms with Gasteiger partial charge in [-0.25, -0.2) is 19.6 Å². The van der Waals surface area contributed by atoms with Gasteiger partial charge >= 0.3 is 11.9 Å². The highest BCUT2D eigenvalue weighted by Crippen LogP contribution is 2.13. The number of nitrogen functional groups attached to an aromatic ring is 1. The summed E-state index contributed by atoms with van der Waals surface area (Å²) >= 11 is 0. The maximum atomic E-state index is 12.7. The largest absolute Gasteiger partial charge is 0.480 e. The maximum Gasteiger partial charge on any atom is 0.326 e. The molecule has 15 nitrogen and oxygen atoms in total. The van der Waals surface area contributed by atoms with Crippen LogP contribution < -0.4 is 27.2 Å². The Kier molecular flexibility index (Phi) is 10.7. The summed E-state index contributed by atoms with van der Waals surface area (Å²) in [6.45, 7) is 2.19. The lowest BCUT2D eigenvalue weighted by Crippen LogP contribution is -2.44. The number of aromatic amines is 1. The summed E-state index contributed by atoms with van der Waals surface area (Å²) in [6.07, 6.45) is 3.61. The molecule has 0 spiro atoms. The van der Waals surface area contributed by atoms with Crippen LogP contribution in [0.15, 0.2) is 35.3 Å². The van der Waals surface area contributed by atoms with Crippen molar-refractivity contribution in [2.45, 2.75) is 64.1 Å². The Morgan fingerprint density at radius 3 is 2.32 bits per heavy atom. The first-order valence-corrected chi connectivity index (χ1v) is 13.0. The monoisotopic (exact) mass is 568 g/mol. The number of hydrogen-bond donors (Lipinski definition) is 7. The number of unbranched alkanes of at least 4 members (excludes halogenated alkanes) is 2. The van der Waals surface area contributed by atoms with Crippen LogP contribution in [0.5, 0.6) is 0 Å². The fraction of sp³-hybridized carbons (Fsp3) is 0.385. The van der Waals surface area contributed by atoms with E-state index in [1.165, 1.54) is 18.3 Å². The van der Waals surface area contributed by atoms with Crippen molar-refractivity contribution < 1.29 is 29.4 Å². The Morgan fingerprint density at radius 2 is 1.66 bits per heavy atom. The van der Waals surface area contributed by atoms with Crippen molar-refractivity contribution in [2.24, 2.45) is 0 Å². The highest BCUT2D eigenvalue weighted by molar-refractivity contribution is 5.97. The number of carbonyl (C=O) groups is 4. The molecule has 0 aliphatic carbocycles. The van der Waals surface area contributed by atoms with E-state index in [9.17, 15) is 34.2 Å². The molecule has 3 aromatic rings. The van der Waals surface area contributed by atoms with E-state index in [1.54, 1.807) is 12.1 Å². The molecule has 0 bridgehead atoms. The average molecular weight is 569 g/mol. The molecule has 218 valence electrons. The molecule has 2 unspecified atom stereocenters. The Labute approximate surface area is 234 Å². The van der Waals surface area contributed by atoms with E-state index in [2.05, 4.69) is 35.9 Å². The summed E-state index contributed by atoms with van der Waals surface area (Å²) in [5.74, 6) is -3.80. The highest BCUT2D eigenvalue weighted by atomic mass is 16.4. The third kappa shape index (κ3) is 8.98. The summed E-state index contributed by atoms with van der Waals surface area (Å²) in [5, 5.41) is 26.7. The molecule has 2 aromatic heterocycles. The van der Waals surface area contributed by atoms with Gasteiger partial charge in [0.25, 0.3) is 11.5 Å². The van der Waals surface area contributed by atoms with Crippen molar-refractivity contribution in [1.29, 1.82) is 0 Å². The minimum atomic E-state index is -1.35. The van der Waals surface area contributed by atoms with Crippen molar-refractivity contribution >= 4 is 46.6 Å². The van der Waals surface area contributed by atoms with Crippen LogP contribution in [0.1, 0.15) is 61.5 Å². The van der Waals surface area contributed by atoms with Crippen molar-refractivity contribution in [1.82, 2.24) is 30.6 Å². The molecular weight excluding hydrogens is 536 g/mol. The topological polar surface area (TPSA) is 242 Å². The van der Waals surface area contributed by atoms with Gasteiger partial charge < -0.3 is 31.9 Å². The smallest absolute Gasteiger partial charge is 0.326 e. The molecular formula is C26H32N8O7. The van der Waals surface area contributed by atoms with Crippen LogP contribution in [-0.4, -0.2) is 66.0 Å². The Hall–Kier alpha value is -5.08. The van der Waals surface area contributed by atoms with E-state index in [4.69, 9.17) is 5.73 Å². The number of amides is 2. The highest BCUT2D eigenvalue weighted by Gasteiger charge is 2.24. The van der Waals surface area contributed by atoms with E-state index in [1.807, 2.05) is 6.92 Å². The van der Waals surface area contributed by atoms with Crippen LogP contribution in [-0.2, 0) is 20.9 Å². The molecule has 3 rings (SSSR count). The molecule has 41 heavy (non-hydrogen) atoms. The Morgan fingerprint density at radius 1 is 0.976 bits per heavy atom. The number of rotatable bonds is 15. The number of carboxylic acid groups (broad SMARTS) is 2. The fourth-order valence-electron chi connectivity index (χ4n) is 3.88. The molecule has 0 aliphatic rings. The number of carbonyl (C=O) groups excluding carboxylic acids is 2. The maximum absolute atomic E-state index is 12.7. The van der Waals surface area contributed by atoms with E-state index < -0.39 is 41.4 Å². The minimum absolute atomic E-state index is 0.0460. The third-order valence-corrected chi connectivity index (χ3v) is 6.10. The minimum Gasteiger partial charge on any atom is -0.480 e. The number of nitrogens with two attached hydrogens (primary N) is 1. The van der Waals surface area contributed by atoms with Crippen LogP contribution >= 0.6 is 0 Å². The number of fused-ring (bicyclic) bond motifs is 1. The van der Waals surface area contributed by atoms with Gasteiger partial charge in [0, 0.05) is 17.7 Å². The van der Waals surface area contributed by atoms with Crippen LogP contribution in [0.2, 0.25) is 0 Å². The number of hydrogen-bond acceptors (Lipinski definition) is 10. The average Bonchev–Trinajstić information content (AvgIpc) is 2.93. The number of nitrogens with zero attached hydrogens (tertiary/aromatic N) is 3. The van der Waals surface area contributed by atoms with Crippen LogP contribution in [0.4, 0.5) is 11.6 Å². The van der Waals surface area contributed by atoms with Gasteiger partial charge in [0.15, 0.2) is 11.2 Å². The number of aromatic nitrogens is 4. The molecule has 1 aromatic carbocycles. The molecule has 8 N–H and O–H groups in total. The van der Waals surface area contributed by atoms with Gasteiger partial charge in [-0.3, -0.25) is 19.4 Å². The number of H-pyrrole nitrogens is 1. The standard InChI is InChI=1S/C26H32N8O7/c1-2-3-4-5-17(24(38)39)31-19(35)11-10-18(25(40)41)32-22(36)14-6-8-15(9-7-14)28-12-16-13-29-21-20(30-16)23(37)34-26(27)33-21/h6-9,13,17-18,28H,2-5,10-12H2,1H3,(H,31,35)(H,32,36)(H,38,39)(H,40,41)(H3,27,29,33,34,37). The summed E-state index contributed by atoms with van der Waals surface area (Å²) in [6, 6.07) is 3.78. The summed E-state index contributed by atoms with van der Waals surface area (Å²) in [4.78, 5) is 74.6. The van der Waals surface area contributed by atoms with Crippen LogP contribution in [0.3, 0.4) is 0 Å². The molecule has 2 heterocycles. The second kappa shape index (κ2) is 14.3. The van der Waals surface area contributed by atoms with E-state index in [0.29, 0.717) is 17.8 Å². The first-order valence-electron chi connectivity index (χ1n) is 13.0. The van der Waals surface area contributed by atoms with Crippen LogP contribution in [0.25, 0.3) is 11.2 Å². The first kappa shape index (κ1) is 30.5. The van der Waals surface area contributed by atoms with Crippen molar-refractivity contribution in [3.05, 3.63) is 52.1 Å². The quantitative estimate of drug-likeness (QED) is 0.127. The fourth-order valence-corrected chi connectivity index (χ4v) is 3.88. The Balaban J connectivity index is 1.53. The van der Waals surface area contributed by atoms with Crippen molar-refractivity contribution in [3.63, 3.8) is 0 Å². The number of anilines is 2. The summed E-state index contributed by atoms with van der Waals surface area (Å²) in [5.41, 5.74) is 6.43. The molecule has 0 aliphatic heterocycles. The molecule has 2 amide bonds. The van der Waals surface area contributed by atoms with E-state index in [-0.39, 0.29) is 48.5 Å².